The SMILES string of the molecule is CC(C)C1CC(F)(F)CCCN1C(C)C. The Morgan fingerprint density at radius 3 is 2.27 bits per heavy atom. The Bertz CT molecular complexity index is 202. The summed E-state index contributed by atoms with van der Waals surface area (Å²) < 4.78 is 27.0. The molecule has 0 bridgehead atoms. The van der Waals surface area contributed by atoms with Gasteiger partial charge in [-0.2, -0.15) is 0 Å². The minimum absolute atomic E-state index is 0.0301. The molecule has 1 atom stereocenters. The molecule has 0 aliphatic carbocycles. The molecule has 0 N–H and O–H groups in total. The molecule has 90 valence electrons. The summed E-state index contributed by atoms with van der Waals surface area (Å²) in [5.74, 6) is -2.16. The molecule has 1 nitrogen and oxygen atoms in total. The monoisotopic (exact) mass is 219 g/mol. The molecular formula is C12H23F2N. The average molecular weight is 219 g/mol. The van der Waals surface area contributed by atoms with Crippen molar-refractivity contribution >= 4 is 0 Å². The number of nitrogens with zero attached hydrogens (tertiary/aromatic N) is 1. The predicted molar refractivity (Wildman–Crippen MR) is 59.3 cm³/mol. The van der Waals surface area contributed by atoms with Gasteiger partial charge in [0.05, 0.1) is 0 Å². The summed E-state index contributed by atoms with van der Waals surface area (Å²) in [6.07, 6.45) is 0.705. The van der Waals surface area contributed by atoms with Crippen molar-refractivity contribution in [2.75, 3.05) is 6.54 Å². The van der Waals surface area contributed by atoms with Gasteiger partial charge in [0, 0.05) is 24.9 Å². The molecule has 1 fully saturated rings. The fourth-order valence-electron chi connectivity index (χ4n) is 2.47. The summed E-state index contributed by atoms with van der Waals surface area (Å²) in [5.41, 5.74) is 0. The highest BCUT2D eigenvalue weighted by Crippen LogP contribution is 2.34. The van der Waals surface area contributed by atoms with Crippen LogP contribution < -0.4 is 0 Å². The van der Waals surface area contributed by atoms with E-state index in [-0.39, 0.29) is 18.9 Å². The van der Waals surface area contributed by atoms with E-state index in [1.54, 1.807) is 0 Å². The number of hydrogen-bond donors (Lipinski definition) is 0. The molecule has 1 unspecified atom stereocenters. The lowest BCUT2D eigenvalue weighted by molar-refractivity contribution is -0.0335. The lowest BCUT2D eigenvalue weighted by atomic mass is 9.95. The summed E-state index contributed by atoms with van der Waals surface area (Å²) in [4.78, 5) is 2.24. The highest BCUT2D eigenvalue weighted by molar-refractivity contribution is 4.86. The molecule has 15 heavy (non-hydrogen) atoms. The molecule has 3 heteroatoms. The minimum Gasteiger partial charge on any atom is -0.298 e. The Kier molecular flexibility index (Phi) is 4.10. The molecule has 0 radical (unpaired) electrons. The van der Waals surface area contributed by atoms with Crippen molar-refractivity contribution in [1.29, 1.82) is 0 Å². The van der Waals surface area contributed by atoms with Crippen LogP contribution >= 0.6 is 0 Å². The first-order chi connectivity index (χ1) is 6.83. The molecule has 0 amide bonds. The Morgan fingerprint density at radius 2 is 1.80 bits per heavy atom. The van der Waals surface area contributed by atoms with Crippen molar-refractivity contribution in [2.24, 2.45) is 5.92 Å². The van der Waals surface area contributed by atoms with E-state index in [2.05, 4.69) is 18.7 Å². The van der Waals surface area contributed by atoms with E-state index in [0.717, 1.165) is 6.54 Å². The fourth-order valence-corrected chi connectivity index (χ4v) is 2.47. The zero-order chi connectivity index (χ0) is 11.6. The first-order valence-corrected chi connectivity index (χ1v) is 5.97. The first-order valence-electron chi connectivity index (χ1n) is 5.97. The van der Waals surface area contributed by atoms with Crippen LogP contribution in [0.3, 0.4) is 0 Å². The topological polar surface area (TPSA) is 3.24 Å². The summed E-state index contributed by atoms with van der Waals surface area (Å²) in [5, 5.41) is 0. The third-order valence-electron chi connectivity index (χ3n) is 3.33. The van der Waals surface area contributed by atoms with Gasteiger partial charge in [-0.15, -0.1) is 0 Å². The Hall–Kier alpha value is -0.180. The van der Waals surface area contributed by atoms with Crippen LogP contribution in [0.1, 0.15) is 47.0 Å². The summed E-state index contributed by atoms with van der Waals surface area (Å²) >= 11 is 0. The number of hydrogen-bond acceptors (Lipinski definition) is 1. The normalized spacial score (nSPS) is 28.4. The molecule has 1 aliphatic heterocycles. The maximum absolute atomic E-state index is 13.5. The van der Waals surface area contributed by atoms with Crippen LogP contribution in [0, 0.1) is 5.92 Å². The van der Waals surface area contributed by atoms with E-state index in [4.69, 9.17) is 0 Å². The van der Waals surface area contributed by atoms with E-state index in [9.17, 15) is 8.78 Å². The van der Waals surface area contributed by atoms with Crippen molar-refractivity contribution in [3.05, 3.63) is 0 Å². The zero-order valence-electron chi connectivity index (χ0n) is 10.3. The number of rotatable bonds is 2. The third kappa shape index (κ3) is 3.40. The Balaban J connectivity index is 2.80. The fraction of sp³-hybridized carbons (Fsp3) is 1.00. The zero-order valence-corrected chi connectivity index (χ0v) is 10.3. The van der Waals surface area contributed by atoms with Crippen LogP contribution in [-0.4, -0.2) is 29.5 Å². The van der Waals surface area contributed by atoms with Gasteiger partial charge in [-0.05, 0) is 32.7 Å². The highest BCUT2D eigenvalue weighted by Gasteiger charge is 2.39. The maximum Gasteiger partial charge on any atom is 0.249 e. The van der Waals surface area contributed by atoms with Crippen LogP contribution in [0.15, 0.2) is 0 Å². The molecule has 1 heterocycles. The van der Waals surface area contributed by atoms with E-state index >= 15 is 0 Å². The lowest BCUT2D eigenvalue weighted by Crippen LogP contribution is -2.44. The van der Waals surface area contributed by atoms with Crippen molar-refractivity contribution < 1.29 is 8.78 Å². The van der Waals surface area contributed by atoms with Crippen molar-refractivity contribution in [1.82, 2.24) is 4.90 Å². The van der Waals surface area contributed by atoms with Crippen LogP contribution in [0.2, 0.25) is 0 Å². The first kappa shape index (κ1) is 12.9. The van der Waals surface area contributed by atoms with Crippen LogP contribution in [0.5, 0.6) is 0 Å². The van der Waals surface area contributed by atoms with Crippen molar-refractivity contribution in [2.45, 2.75) is 65.0 Å². The van der Waals surface area contributed by atoms with Gasteiger partial charge in [0.25, 0.3) is 0 Å². The molecule has 0 aromatic rings. The minimum atomic E-state index is -2.46. The molecule has 1 aliphatic rings. The van der Waals surface area contributed by atoms with Crippen molar-refractivity contribution in [3.63, 3.8) is 0 Å². The van der Waals surface area contributed by atoms with Gasteiger partial charge in [-0.1, -0.05) is 13.8 Å². The van der Waals surface area contributed by atoms with Crippen LogP contribution in [0.4, 0.5) is 8.78 Å². The molecular weight excluding hydrogens is 196 g/mol. The Morgan fingerprint density at radius 1 is 1.20 bits per heavy atom. The quantitative estimate of drug-likeness (QED) is 0.686. The third-order valence-corrected chi connectivity index (χ3v) is 3.33. The molecule has 0 saturated carbocycles. The highest BCUT2D eigenvalue weighted by atomic mass is 19.3. The van der Waals surface area contributed by atoms with Gasteiger partial charge in [-0.3, -0.25) is 4.90 Å². The second-order valence-corrected chi connectivity index (χ2v) is 5.31. The van der Waals surface area contributed by atoms with E-state index in [1.807, 2.05) is 13.8 Å². The lowest BCUT2D eigenvalue weighted by Gasteiger charge is -2.36. The van der Waals surface area contributed by atoms with E-state index in [0.29, 0.717) is 18.4 Å². The van der Waals surface area contributed by atoms with E-state index in [1.165, 1.54) is 0 Å². The number of likely N-dealkylation sites (tertiary alicyclic amines) is 1. The predicted octanol–water partition coefficient (Wildman–Crippen LogP) is 3.54. The molecule has 0 aromatic heterocycles. The largest absolute Gasteiger partial charge is 0.298 e. The summed E-state index contributed by atoms with van der Waals surface area (Å²) in [6, 6.07) is 0.397. The molecule has 1 saturated heterocycles. The standard InChI is InChI=1S/C12H23F2N/c1-9(2)11-8-12(13,14)6-5-7-15(11)10(3)4/h9-11H,5-8H2,1-4H3. The van der Waals surface area contributed by atoms with Crippen molar-refractivity contribution in [3.8, 4) is 0 Å². The van der Waals surface area contributed by atoms with Crippen LogP contribution in [0.25, 0.3) is 0 Å². The molecule has 0 aromatic carbocycles. The van der Waals surface area contributed by atoms with Gasteiger partial charge in [0.2, 0.25) is 5.92 Å². The second kappa shape index (κ2) is 4.77. The summed E-state index contributed by atoms with van der Waals surface area (Å²) in [6.45, 7) is 9.09. The van der Waals surface area contributed by atoms with Gasteiger partial charge in [-0.25, -0.2) is 8.78 Å². The Labute approximate surface area is 91.8 Å². The smallest absolute Gasteiger partial charge is 0.249 e. The maximum atomic E-state index is 13.5. The van der Waals surface area contributed by atoms with Gasteiger partial charge >= 0.3 is 0 Å². The van der Waals surface area contributed by atoms with Gasteiger partial charge in [0.15, 0.2) is 0 Å². The average Bonchev–Trinajstić information content (AvgIpc) is 2.23. The summed E-state index contributed by atoms with van der Waals surface area (Å²) in [7, 11) is 0. The molecule has 0 spiro atoms. The van der Waals surface area contributed by atoms with E-state index < -0.39 is 5.92 Å². The van der Waals surface area contributed by atoms with Gasteiger partial charge in [0.1, 0.15) is 0 Å². The number of alkyl halides is 2. The number of halogens is 2. The van der Waals surface area contributed by atoms with Gasteiger partial charge < -0.3 is 0 Å². The molecule has 1 rings (SSSR count). The van der Waals surface area contributed by atoms with Crippen LogP contribution in [-0.2, 0) is 0 Å². The second-order valence-electron chi connectivity index (χ2n) is 5.31.